The molecule has 0 spiro atoms. The fraction of sp³-hybridized carbons (Fsp3) is 0.259. The second-order valence-electron chi connectivity index (χ2n) is 8.73. The summed E-state index contributed by atoms with van der Waals surface area (Å²) in [4.78, 5) is 5.51. The fourth-order valence-electron chi connectivity index (χ4n) is 4.49. The highest BCUT2D eigenvalue weighted by Gasteiger charge is 2.24. The maximum atomic E-state index is 6.51. The number of nitrogens with one attached hydrogen (secondary N) is 3. The third-order valence-corrected chi connectivity index (χ3v) is 6.46. The van der Waals surface area contributed by atoms with Crippen molar-refractivity contribution in [2.45, 2.75) is 12.5 Å². The van der Waals surface area contributed by atoms with Gasteiger partial charge in [-0.15, -0.1) is 0 Å². The van der Waals surface area contributed by atoms with Gasteiger partial charge < -0.3 is 10.1 Å². The molecule has 8 nitrogen and oxygen atoms in total. The first-order valence-electron chi connectivity index (χ1n) is 12.0. The van der Waals surface area contributed by atoms with Gasteiger partial charge in [0.2, 0.25) is 0 Å². The molecule has 2 aromatic heterocycles. The number of aromatic nitrogens is 3. The Labute approximate surface area is 205 Å². The Morgan fingerprint density at radius 2 is 2.06 bits per heavy atom. The fourth-order valence-corrected chi connectivity index (χ4v) is 4.49. The maximum absolute atomic E-state index is 6.51. The number of anilines is 1. The highest BCUT2D eigenvalue weighted by atomic mass is 16.5. The molecule has 1 saturated heterocycles. The quantitative estimate of drug-likeness (QED) is 0.271. The minimum atomic E-state index is -0.0654. The molecule has 2 aromatic carbocycles. The largest absolute Gasteiger partial charge is 0.388 e. The van der Waals surface area contributed by atoms with Crippen LogP contribution in [-0.2, 0) is 11.2 Å². The van der Waals surface area contributed by atoms with Crippen LogP contribution >= 0.6 is 0 Å². The molecule has 1 aliphatic rings. The Balaban J connectivity index is 1.31. The summed E-state index contributed by atoms with van der Waals surface area (Å²) in [5.41, 5.74) is 6.07. The third-order valence-electron chi connectivity index (χ3n) is 6.46. The standard InChI is InChI=1S/C27H31N7O/c1-29-25(26-19-33(15-16-35-26)14-11-20-5-3-2-4-6-20)18-34(28)22-7-8-24-23(17-22)27(32-31-24)21-9-12-30-13-10-21/h2-10,12-13,17-18,26,29H,11,14-16,19,28H2,1H3,(H,31,32)/p+1/b25-18-. The zero-order valence-corrected chi connectivity index (χ0v) is 19.9. The SMILES string of the molecule is CN/C(=C\N(N)c1ccc2[nH]nc(-c3cc[nH+]cc3)c2c1)C1CN(CCc2ccccc2)CCO1. The van der Waals surface area contributed by atoms with E-state index in [2.05, 4.69) is 61.8 Å². The van der Waals surface area contributed by atoms with Gasteiger partial charge in [0, 0.05) is 56.0 Å². The van der Waals surface area contributed by atoms with Crippen LogP contribution in [0.3, 0.4) is 0 Å². The molecule has 0 saturated carbocycles. The molecule has 5 N–H and O–H groups in total. The first-order chi connectivity index (χ1) is 17.2. The van der Waals surface area contributed by atoms with Crippen molar-refractivity contribution in [3.8, 4) is 11.3 Å². The first kappa shape index (κ1) is 23.0. The van der Waals surface area contributed by atoms with Crippen LogP contribution in [0.4, 0.5) is 5.69 Å². The number of rotatable bonds is 8. The van der Waals surface area contributed by atoms with Gasteiger partial charge in [0.15, 0.2) is 12.4 Å². The normalized spacial score (nSPS) is 17.0. The minimum Gasteiger partial charge on any atom is -0.388 e. The molecule has 0 bridgehead atoms. The van der Waals surface area contributed by atoms with E-state index in [4.69, 9.17) is 10.6 Å². The molecule has 4 aromatic rings. The van der Waals surface area contributed by atoms with E-state index < -0.39 is 0 Å². The Morgan fingerprint density at radius 3 is 2.86 bits per heavy atom. The molecule has 0 aliphatic carbocycles. The van der Waals surface area contributed by atoms with Crippen LogP contribution in [0, 0.1) is 0 Å². The molecular formula is C27H32N7O+. The Bertz CT molecular complexity index is 1270. The van der Waals surface area contributed by atoms with Crippen LogP contribution < -0.4 is 21.2 Å². The van der Waals surface area contributed by atoms with E-state index in [1.807, 2.05) is 49.9 Å². The average molecular weight is 471 g/mol. The monoisotopic (exact) mass is 470 g/mol. The molecule has 180 valence electrons. The number of hydrogen-bond acceptors (Lipinski definition) is 6. The summed E-state index contributed by atoms with van der Waals surface area (Å²) in [6, 6.07) is 20.7. The van der Waals surface area contributed by atoms with Gasteiger partial charge in [-0.2, -0.15) is 5.10 Å². The highest BCUT2D eigenvalue weighted by Crippen LogP contribution is 2.29. The molecule has 1 unspecified atom stereocenters. The molecule has 1 atom stereocenters. The van der Waals surface area contributed by atoms with Gasteiger partial charge in [0.25, 0.3) is 0 Å². The van der Waals surface area contributed by atoms with Crippen molar-refractivity contribution < 1.29 is 9.72 Å². The smallest absolute Gasteiger partial charge is 0.167 e. The van der Waals surface area contributed by atoms with Gasteiger partial charge in [0.05, 0.1) is 23.5 Å². The number of morpholine rings is 1. The van der Waals surface area contributed by atoms with Crippen molar-refractivity contribution in [3.05, 3.63) is 90.5 Å². The van der Waals surface area contributed by atoms with Crippen LogP contribution in [0.25, 0.3) is 22.2 Å². The summed E-state index contributed by atoms with van der Waals surface area (Å²) in [6.07, 6.45) is 6.67. The summed E-state index contributed by atoms with van der Waals surface area (Å²) < 4.78 is 6.11. The first-order valence-corrected chi connectivity index (χ1v) is 12.0. The summed E-state index contributed by atoms with van der Waals surface area (Å²) in [5.74, 6) is 6.51. The number of nitrogens with two attached hydrogens (primary N) is 1. The lowest BCUT2D eigenvalue weighted by Gasteiger charge is -2.34. The molecule has 0 amide bonds. The summed E-state index contributed by atoms with van der Waals surface area (Å²) in [7, 11) is 1.91. The van der Waals surface area contributed by atoms with Crippen molar-refractivity contribution in [1.29, 1.82) is 0 Å². The van der Waals surface area contributed by atoms with E-state index >= 15 is 0 Å². The number of likely N-dealkylation sites (N-methyl/N-ethyl adjacent to an activating group) is 1. The van der Waals surface area contributed by atoms with Gasteiger partial charge in [-0.05, 0) is 30.2 Å². The van der Waals surface area contributed by atoms with Crippen molar-refractivity contribution in [2.24, 2.45) is 5.84 Å². The molecule has 3 heterocycles. The number of hydrogen-bond donors (Lipinski definition) is 3. The van der Waals surface area contributed by atoms with Crippen LogP contribution in [0.1, 0.15) is 5.56 Å². The Kier molecular flexibility index (Phi) is 7.04. The summed E-state index contributed by atoms with van der Waals surface area (Å²) >= 11 is 0. The number of hydrazine groups is 1. The minimum absolute atomic E-state index is 0.0654. The number of benzene rings is 2. The highest BCUT2D eigenvalue weighted by molar-refractivity contribution is 5.94. The molecule has 8 heteroatoms. The van der Waals surface area contributed by atoms with Crippen molar-refractivity contribution in [2.75, 3.05) is 38.3 Å². The van der Waals surface area contributed by atoms with Gasteiger partial charge in [-0.25, -0.2) is 10.8 Å². The molecule has 1 fully saturated rings. The Morgan fingerprint density at radius 1 is 1.23 bits per heavy atom. The third kappa shape index (κ3) is 5.35. The molecule has 1 aliphatic heterocycles. The maximum Gasteiger partial charge on any atom is 0.167 e. The number of H-pyrrole nitrogens is 2. The van der Waals surface area contributed by atoms with Gasteiger partial charge in [-0.3, -0.25) is 15.0 Å². The zero-order chi connectivity index (χ0) is 24.0. The van der Waals surface area contributed by atoms with E-state index in [-0.39, 0.29) is 6.10 Å². The Hall–Kier alpha value is -3.72. The van der Waals surface area contributed by atoms with Crippen LogP contribution in [0.5, 0.6) is 0 Å². The van der Waals surface area contributed by atoms with Gasteiger partial charge in [0.1, 0.15) is 11.8 Å². The zero-order valence-electron chi connectivity index (χ0n) is 19.9. The van der Waals surface area contributed by atoms with E-state index in [0.29, 0.717) is 6.61 Å². The van der Waals surface area contributed by atoms with Gasteiger partial charge >= 0.3 is 0 Å². The number of pyridine rings is 1. The second kappa shape index (κ2) is 10.7. The number of nitrogens with zero attached hydrogens (tertiary/aromatic N) is 3. The topological polar surface area (TPSA) is 96.6 Å². The predicted molar refractivity (Wildman–Crippen MR) is 138 cm³/mol. The number of fused-ring (bicyclic) bond motifs is 1. The lowest BCUT2D eigenvalue weighted by Crippen LogP contribution is -2.46. The van der Waals surface area contributed by atoms with Crippen LogP contribution in [0.2, 0.25) is 0 Å². The van der Waals surface area contributed by atoms with E-state index in [0.717, 1.165) is 59.6 Å². The average Bonchev–Trinajstić information content (AvgIpc) is 3.35. The molecule has 0 radical (unpaired) electrons. The molecule has 35 heavy (non-hydrogen) atoms. The summed E-state index contributed by atoms with van der Waals surface area (Å²) in [6.45, 7) is 3.46. The van der Waals surface area contributed by atoms with Crippen LogP contribution in [0.15, 0.2) is 85.0 Å². The lowest BCUT2D eigenvalue weighted by atomic mass is 10.1. The summed E-state index contributed by atoms with van der Waals surface area (Å²) in [5, 5.41) is 13.6. The second-order valence-corrected chi connectivity index (χ2v) is 8.73. The van der Waals surface area contributed by atoms with Crippen molar-refractivity contribution in [3.63, 3.8) is 0 Å². The van der Waals surface area contributed by atoms with Gasteiger partial charge in [-0.1, -0.05) is 30.3 Å². The van der Waals surface area contributed by atoms with E-state index in [9.17, 15) is 0 Å². The number of ether oxygens (including phenoxy) is 1. The van der Waals surface area contributed by atoms with E-state index in [1.165, 1.54) is 5.56 Å². The molecule has 5 rings (SSSR count). The van der Waals surface area contributed by atoms with E-state index in [1.54, 1.807) is 5.01 Å². The van der Waals surface area contributed by atoms with Crippen molar-refractivity contribution >= 4 is 16.6 Å². The number of aromatic amines is 2. The van der Waals surface area contributed by atoms with Crippen molar-refractivity contribution in [1.82, 2.24) is 20.4 Å². The predicted octanol–water partition coefficient (Wildman–Crippen LogP) is 2.73. The lowest BCUT2D eigenvalue weighted by molar-refractivity contribution is -0.377. The molecular weight excluding hydrogens is 438 g/mol. The van der Waals surface area contributed by atoms with Crippen LogP contribution in [-0.4, -0.2) is 54.5 Å².